The molecule has 4 heteroatoms. The average Bonchev–Trinajstić information content (AvgIpc) is 3.08. The van der Waals surface area contributed by atoms with Gasteiger partial charge in [0.25, 0.3) is 0 Å². The number of carboxylic acids is 1. The monoisotopic (exact) mass is 247 g/mol. The van der Waals surface area contributed by atoms with Gasteiger partial charge in [0.05, 0.1) is 5.41 Å². The minimum Gasteiger partial charge on any atom is -0.488 e. The number of rotatable bonds is 4. The van der Waals surface area contributed by atoms with Gasteiger partial charge in [-0.15, -0.1) is 0 Å². The Bertz CT molecular complexity index is 476. The van der Waals surface area contributed by atoms with Crippen LogP contribution in [-0.4, -0.2) is 42.2 Å². The first kappa shape index (κ1) is 11.5. The van der Waals surface area contributed by atoms with E-state index in [9.17, 15) is 9.90 Å². The summed E-state index contributed by atoms with van der Waals surface area (Å²) in [5.41, 5.74) is 0.232. The lowest BCUT2D eigenvalue weighted by Gasteiger charge is -2.36. The van der Waals surface area contributed by atoms with E-state index in [4.69, 9.17) is 4.74 Å². The Morgan fingerprint density at radius 1 is 1.44 bits per heavy atom. The summed E-state index contributed by atoms with van der Waals surface area (Å²) in [6.07, 6.45) is 1.71. The molecule has 0 aromatic heterocycles. The van der Waals surface area contributed by atoms with Crippen LogP contribution in [0.4, 0.5) is 0 Å². The van der Waals surface area contributed by atoms with Crippen molar-refractivity contribution in [3.8, 4) is 5.75 Å². The number of carbonyl (C=O) groups is 1. The number of likely N-dealkylation sites (tertiary alicyclic amines) is 1. The molecule has 2 fully saturated rings. The molecule has 1 aliphatic heterocycles. The molecule has 1 N–H and O–H groups in total. The minimum atomic E-state index is -0.719. The summed E-state index contributed by atoms with van der Waals surface area (Å²) < 4.78 is 5.83. The molecule has 96 valence electrons. The minimum absolute atomic E-state index is 0.241. The van der Waals surface area contributed by atoms with Crippen molar-refractivity contribution >= 4 is 5.97 Å². The highest BCUT2D eigenvalue weighted by Crippen LogP contribution is 2.49. The number of benzene rings is 1. The van der Waals surface area contributed by atoms with Crippen LogP contribution in [0.5, 0.6) is 5.75 Å². The van der Waals surface area contributed by atoms with E-state index in [1.165, 1.54) is 0 Å². The van der Waals surface area contributed by atoms with Crippen LogP contribution in [0.2, 0.25) is 0 Å². The van der Waals surface area contributed by atoms with Crippen molar-refractivity contribution in [3.63, 3.8) is 0 Å². The van der Waals surface area contributed by atoms with E-state index in [1.54, 1.807) is 0 Å². The molecule has 1 heterocycles. The number of carboxylic acid groups (broad SMARTS) is 1. The lowest BCUT2D eigenvalue weighted by Crippen LogP contribution is -2.51. The summed E-state index contributed by atoms with van der Waals surface area (Å²) in [7, 11) is 2.06. The van der Waals surface area contributed by atoms with Crippen LogP contribution >= 0.6 is 0 Å². The third-order valence-corrected chi connectivity index (χ3v) is 3.88. The average molecular weight is 247 g/mol. The van der Waals surface area contributed by atoms with E-state index < -0.39 is 11.4 Å². The van der Waals surface area contributed by atoms with Crippen molar-refractivity contribution in [1.82, 2.24) is 4.90 Å². The maximum absolute atomic E-state index is 11.3. The fourth-order valence-electron chi connectivity index (χ4n) is 2.53. The highest BCUT2D eigenvalue weighted by atomic mass is 16.5. The Morgan fingerprint density at radius 2 is 2.17 bits per heavy atom. The molecule has 0 atom stereocenters. The molecule has 0 radical (unpaired) electrons. The molecule has 3 rings (SSSR count). The van der Waals surface area contributed by atoms with E-state index in [-0.39, 0.29) is 6.10 Å². The quantitative estimate of drug-likeness (QED) is 0.876. The zero-order chi connectivity index (χ0) is 12.8. The van der Waals surface area contributed by atoms with E-state index in [0.29, 0.717) is 0 Å². The lowest BCUT2D eigenvalue weighted by atomic mass is 9.96. The van der Waals surface area contributed by atoms with Crippen molar-refractivity contribution in [1.29, 1.82) is 0 Å². The van der Waals surface area contributed by atoms with Gasteiger partial charge in [-0.25, -0.2) is 0 Å². The van der Waals surface area contributed by atoms with Crippen molar-refractivity contribution in [3.05, 3.63) is 29.8 Å². The van der Waals surface area contributed by atoms with Gasteiger partial charge in [-0.2, -0.15) is 0 Å². The Balaban J connectivity index is 1.75. The Hall–Kier alpha value is -1.55. The molecule has 0 spiro atoms. The van der Waals surface area contributed by atoms with Crippen LogP contribution in [0.15, 0.2) is 24.3 Å². The second kappa shape index (κ2) is 3.99. The van der Waals surface area contributed by atoms with Crippen LogP contribution < -0.4 is 4.74 Å². The predicted molar refractivity (Wildman–Crippen MR) is 66.9 cm³/mol. The van der Waals surface area contributed by atoms with Gasteiger partial charge in [0.15, 0.2) is 0 Å². The molecule has 18 heavy (non-hydrogen) atoms. The molecule has 1 saturated heterocycles. The first-order valence-electron chi connectivity index (χ1n) is 6.29. The number of aliphatic carboxylic acids is 1. The summed E-state index contributed by atoms with van der Waals surface area (Å²) in [4.78, 5) is 13.5. The van der Waals surface area contributed by atoms with Crippen LogP contribution in [0.1, 0.15) is 18.4 Å². The zero-order valence-electron chi connectivity index (χ0n) is 10.4. The van der Waals surface area contributed by atoms with Gasteiger partial charge >= 0.3 is 5.97 Å². The van der Waals surface area contributed by atoms with Crippen LogP contribution in [0.25, 0.3) is 0 Å². The predicted octanol–water partition coefficient (Wildman–Crippen LogP) is 1.50. The Labute approximate surface area is 106 Å². The van der Waals surface area contributed by atoms with Gasteiger partial charge < -0.3 is 9.84 Å². The molecule has 4 nitrogen and oxygen atoms in total. The molecular formula is C14H17NO3. The van der Waals surface area contributed by atoms with Crippen molar-refractivity contribution in [2.45, 2.75) is 24.4 Å². The van der Waals surface area contributed by atoms with Gasteiger partial charge in [-0.05, 0) is 37.6 Å². The van der Waals surface area contributed by atoms with Gasteiger partial charge in [-0.1, -0.05) is 12.1 Å². The number of hydrogen-bond donors (Lipinski definition) is 1. The number of nitrogens with zero attached hydrogens (tertiary/aromatic N) is 1. The Morgan fingerprint density at radius 3 is 2.72 bits per heavy atom. The van der Waals surface area contributed by atoms with Gasteiger partial charge in [0, 0.05) is 13.1 Å². The maximum Gasteiger partial charge on any atom is 0.314 e. The third kappa shape index (κ3) is 1.86. The molecule has 1 aromatic carbocycles. The van der Waals surface area contributed by atoms with Gasteiger partial charge in [0.2, 0.25) is 0 Å². The molecule has 0 unspecified atom stereocenters. The molecule has 2 aliphatic rings. The fourth-order valence-corrected chi connectivity index (χ4v) is 2.53. The summed E-state index contributed by atoms with van der Waals surface area (Å²) in [5, 5.41) is 9.27. The smallest absolute Gasteiger partial charge is 0.314 e. The SMILES string of the molecule is CN1CC(Oc2cccc(C3(C(=O)O)CC3)c2)C1. The van der Waals surface area contributed by atoms with Crippen molar-refractivity contribution in [2.75, 3.05) is 20.1 Å². The second-order valence-corrected chi connectivity index (χ2v) is 5.38. The largest absolute Gasteiger partial charge is 0.488 e. The van der Waals surface area contributed by atoms with Crippen LogP contribution in [0.3, 0.4) is 0 Å². The lowest BCUT2D eigenvalue weighted by molar-refractivity contribution is -0.140. The third-order valence-electron chi connectivity index (χ3n) is 3.88. The molecule has 0 bridgehead atoms. The Kier molecular flexibility index (Phi) is 2.55. The summed E-state index contributed by atoms with van der Waals surface area (Å²) in [6.45, 7) is 1.88. The summed E-state index contributed by atoms with van der Waals surface area (Å²) in [6, 6.07) is 7.57. The molecule has 1 aromatic rings. The van der Waals surface area contributed by atoms with Gasteiger partial charge in [-0.3, -0.25) is 9.69 Å². The second-order valence-electron chi connectivity index (χ2n) is 5.38. The van der Waals surface area contributed by atoms with E-state index in [0.717, 1.165) is 37.2 Å². The maximum atomic E-state index is 11.3. The van der Waals surface area contributed by atoms with E-state index >= 15 is 0 Å². The fraction of sp³-hybridized carbons (Fsp3) is 0.500. The molecule has 0 amide bonds. The first-order valence-corrected chi connectivity index (χ1v) is 6.29. The normalized spacial score (nSPS) is 22.3. The zero-order valence-corrected chi connectivity index (χ0v) is 10.4. The van der Waals surface area contributed by atoms with Crippen LogP contribution in [-0.2, 0) is 10.2 Å². The molecule has 1 saturated carbocycles. The van der Waals surface area contributed by atoms with E-state index in [1.807, 2.05) is 24.3 Å². The first-order chi connectivity index (χ1) is 8.60. The highest BCUT2D eigenvalue weighted by Gasteiger charge is 2.51. The highest BCUT2D eigenvalue weighted by molar-refractivity contribution is 5.85. The van der Waals surface area contributed by atoms with Crippen LogP contribution in [0, 0.1) is 0 Å². The molecule has 1 aliphatic carbocycles. The number of ether oxygens (including phenoxy) is 1. The van der Waals surface area contributed by atoms with Crippen molar-refractivity contribution in [2.24, 2.45) is 0 Å². The standard InChI is InChI=1S/C14H17NO3/c1-15-8-12(9-15)18-11-4-2-3-10(7-11)14(5-6-14)13(16)17/h2-4,7,12H,5-6,8-9H2,1H3,(H,16,17). The molecular weight excluding hydrogens is 230 g/mol. The van der Waals surface area contributed by atoms with Gasteiger partial charge in [0.1, 0.15) is 11.9 Å². The summed E-state index contributed by atoms with van der Waals surface area (Å²) >= 11 is 0. The summed E-state index contributed by atoms with van der Waals surface area (Å²) in [5.74, 6) is 0.0705. The van der Waals surface area contributed by atoms with E-state index in [2.05, 4.69) is 11.9 Å². The number of likely N-dealkylation sites (N-methyl/N-ethyl adjacent to an activating group) is 1. The van der Waals surface area contributed by atoms with Crippen molar-refractivity contribution < 1.29 is 14.6 Å². The topological polar surface area (TPSA) is 49.8 Å². The number of hydrogen-bond acceptors (Lipinski definition) is 3.